The number of rotatable bonds is 8. The zero-order valence-electron chi connectivity index (χ0n) is 10.3. The molecule has 1 N–H and O–H groups in total. The zero-order valence-corrected chi connectivity index (χ0v) is 10.3. The summed E-state index contributed by atoms with van der Waals surface area (Å²) in [6, 6.07) is 0. The molecule has 0 spiro atoms. The smallest absolute Gasteiger partial charge is 0.330 e. The summed E-state index contributed by atoms with van der Waals surface area (Å²) in [5, 5.41) is 8.71. The van der Waals surface area contributed by atoms with Crippen molar-refractivity contribution in [1.29, 1.82) is 0 Å². The predicted molar refractivity (Wildman–Crippen MR) is 63.9 cm³/mol. The van der Waals surface area contributed by atoms with Crippen molar-refractivity contribution in [3.05, 3.63) is 11.6 Å². The van der Waals surface area contributed by atoms with Crippen LogP contribution >= 0.6 is 0 Å². The lowest BCUT2D eigenvalue weighted by atomic mass is 9.94. The molecule has 0 rings (SSSR count). The number of allylic oxidation sites excluding steroid dienone is 1. The van der Waals surface area contributed by atoms with E-state index in [1.54, 1.807) is 6.92 Å². The van der Waals surface area contributed by atoms with Crippen molar-refractivity contribution < 1.29 is 9.90 Å². The first-order chi connectivity index (χ1) is 7.11. The van der Waals surface area contributed by atoms with E-state index >= 15 is 0 Å². The molecular weight excluding hydrogens is 188 g/mol. The number of unbranched alkanes of at least 4 members (excludes halogenated alkanes) is 2. The van der Waals surface area contributed by atoms with Crippen molar-refractivity contribution >= 4 is 5.97 Å². The number of carboxylic acid groups (broad SMARTS) is 1. The lowest BCUT2D eigenvalue weighted by Crippen LogP contribution is -2.00. The van der Waals surface area contributed by atoms with Crippen LogP contribution in [0, 0.1) is 5.92 Å². The summed E-state index contributed by atoms with van der Waals surface area (Å²) in [6.45, 7) is 6.05. The second kappa shape index (κ2) is 8.51. The molecule has 0 saturated carbocycles. The molecule has 0 saturated heterocycles. The van der Waals surface area contributed by atoms with E-state index in [0.717, 1.165) is 12.8 Å². The minimum absolute atomic E-state index is 0.476. The van der Waals surface area contributed by atoms with E-state index in [1.807, 2.05) is 6.08 Å². The van der Waals surface area contributed by atoms with Crippen molar-refractivity contribution in [2.75, 3.05) is 0 Å². The summed E-state index contributed by atoms with van der Waals surface area (Å²) in [6.07, 6.45) is 8.97. The lowest BCUT2D eigenvalue weighted by molar-refractivity contribution is -0.132. The SMILES string of the molecule is CCCCCC(CC)CC=C(C)C(=O)O. The van der Waals surface area contributed by atoms with Gasteiger partial charge in [0.15, 0.2) is 0 Å². The molecule has 0 radical (unpaired) electrons. The van der Waals surface area contributed by atoms with Crippen LogP contribution in [0.2, 0.25) is 0 Å². The Morgan fingerprint density at radius 2 is 2.00 bits per heavy atom. The first-order valence-electron chi connectivity index (χ1n) is 6.01. The molecule has 0 aliphatic carbocycles. The molecule has 0 aliphatic heterocycles. The molecule has 0 aliphatic rings. The van der Waals surface area contributed by atoms with Gasteiger partial charge in [-0.2, -0.15) is 0 Å². The van der Waals surface area contributed by atoms with Gasteiger partial charge in [0.1, 0.15) is 0 Å². The van der Waals surface area contributed by atoms with Gasteiger partial charge in [-0.25, -0.2) is 4.79 Å². The largest absolute Gasteiger partial charge is 0.478 e. The minimum Gasteiger partial charge on any atom is -0.478 e. The second-order valence-electron chi connectivity index (χ2n) is 4.20. The zero-order chi connectivity index (χ0) is 11.7. The first-order valence-corrected chi connectivity index (χ1v) is 6.01. The van der Waals surface area contributed by atoms with Gasteiger partial charge in [0.05, 0.1) is 0 Å². The van der Waals surface area contributed by atoms with E-state index in [1.165, 1.54) is 25.7 Å². The molecule has 2 nitrogen and oxygen atoms in total. The number of carbonyl (C=O) groups is 1. The van der Waals surface area contributed by atoms with Crippen LogP contribution in [0.5, 0.6) is 0 Å². The average molecular weight is 212 g/mol. The van der Waals surface area contributed by atoms with Crippen molar-refractivity contribution in [3.8, 4) is 0 Å². The molecule has 0 amide bonds. The van der Waals surface area contributed by atoms with Gasteiger partial charge in [-0.15, -0.1) is 0 Å². The normalized spacial score (nSPS) is 13.9. The quantitative estimate of drug-likeness (QED) is 0.487. The monoisotopic (exact) mass is 212 g/mol. The third-order valence-corrected chi connectivity index (χ3v) is 2.89. The molecule has 0 aromatic rings. The van der Waals surface area contributed by atoms with E-state index in [-0.39, 0.29) is 0 Å². The lowest BCUT2D eigenvalue weighted by Gasteiger charge is -2.12. The summed E-state index contributed by atoms with van der Waals surface area (Å²) in [4.78, 5) is 10.6. The Bertz CT molecular complexity index is 207. The highest BCUT2D eigenvalue weighted by Crippen LogP contribution is 2.18. The highest BCUT2D eigenvalue weighted by Gasteiger charge is 2.06. The Balaban J connectivity index is 3.88. The number of aliphatic carboxylic acids is 1. The van der Waals surface area contributed by atoms with Crippen LogP contribution < -0.4 is 0 Å². The highest BCUT2D eigenvalue weighted by molar-refractivity contribution is 5.85. The van der Waals surface area contributed by atoms with Gasteiger partial charge in [-0.1, -0.05) is 52.0 Å². The molecule has 88 valence electrons. The minimum atomic E-state index is -0.793. The molecule has 0 aromatic heterocycles. The summed E-state index contributed by atoms with van der Waals surface area (Å²) in [5.74, 6) is -0.135. The molecule has 0 aromatic carbocycles. The van der Waals surface area contributed by atoms with E-state index in [2.05, 4.69) is 13.8 Å². The van der Waals surface area contributed by atoms with Gasteiger partial charge in [0.25, 0.3) is 0 Å². The maximum atomic E-state index is 10.6. The number of carboxylic acids is 1. The Labute approximate surface area is 93.4 Å². The predicted octanol–water partition coefficient (Wildman–Crippen LogP) is 4.01. The molecule has 15 heavy (non-hydrogen) atoms. The summed E-state index contributed by atoms with van der Waals surface area (Å²) < 4.78 is 0. The van der Waals surface area contributed by atoms with Crippen LogP contribution in [0.3, 0.4) is 0 Å². The first kappa shape index (κ1) is 14.2. The fourth-order valence-electron chi connectivity index (χ4n) is 1.60. The van der Waals surface area contributed by atoms with Gasteiger partial charge < -0.3 is 5.11 Å². The molecule has 2 heteroatoms. The Kier molecular flexibility index (Phi) is 8.06. The third-order valence-electron chi connectivity index (χ3n) is 2.89. The standard InChI is InChI=1S/C13H24O2/c1-4-6-7-8-12(5-2)10-9-11(3)13(14)15/h9,12H,4-8,10H2,1-3H3,(H,14,15). The van der Waals surface area contributed by atoms with Crippen LogP contribution in [0.15, 0.2) is 11.6 Å². The fourth-order valence-corrected chi connectivity index (χ4v) is 1.60. The summed E-state index contributed by atoms with van der Waals surface area (Å²) in [7, 11) is 0. The Hall–Kier alpha value is -0.790. The Morgan fingerprint density at radius 3 is 2.47 bits per heavy atom. The topological polar surface area (TPSA) is 37.3 Å². The van der Waals surface area contributed by atoms with Crippen molar-refractivity contribution in [1.82, 2.24) is 0 Å². The van der Waals surface area contributed by atoms with Crippen molar-refractivity contribution in [2.24, 2.45) is 5.92 Å². The van der Waals surface area contributed by atoms with Crippen molar-refractivity contribution in [3.63, 3.8) is 0 Å². The van der Waals surface area contributed by atoms with Gasteiger partial charge >= 0.3 is 5.97 Å². The second-order valence-corrected chi connectivity index (χ2v) is 4.20. The van der Waals surface area contributed by atoms with Crippen LogP contribution in [0.4, 0.5) is 0 Å². The summed E-state index contributed by atoms with van der Waals surface area (Å²) >= 11 is 0. The van der Waals surface area contributed by atoms with Gasteiger partial charge in [-0.3, -0.25) is 0 Å². The van der Waals surface area contributed by atoms with E-state index in [9.17, 15) is 4.79 Å². The molecule has 1 atom stereocenters. The third kappa shape index (κ3) is 7.18. The number of hydrogen-bond donors (Lipinski definition) is 1. The number of hydrogen-bond acceptors (Lipinski definition) is 1. The maximum absolute atomic E-state index is 10.6. The van der Waals surface area contributed by atoms with E-state index in [4.69, 9.17) is 5.11 Å². The highest BCUT2D eigenvalue weighted by atomic mass is 16.4. The molecule has 1 unspecified atom stereocenters. The Morgan fingerprint density at radius 1 is 1.33 bits per heavy atom. The summed E-state index contributed by atoms with van der Waals surface area (Å²) in [5.41, 5.74) is 0.476. The molecular formula is C13H24O2. The van der Waals surface area contributed by atoms with Crippen LogP contribution in [-0.2, 0) is 4.79 Å². The van der Waals surface area contributed by atoms with E-state index in [0.29, 0.717) is 11.5 Å². The van der Waals surface area contributed by atoms with Crippen LogP contribution in [0.25, 0.3) is 0 Å². The van der Waals surface area contributed by atoms with E-state index < -0.39 is 5.97 Å². The average Bonchev–Trinajstić information content (AvgIpc) is 2.22. The van der Waals surface area contributed by atoms with Gasteiger partial charge in [-0.05, 0) is 19.3 Å². The molecule has 0 heterocycles. The molecule has 0 bridgehead atoms. The fraction of sp³-hybridized carbons (Fsp3) is 0.769. The van der Waals surface area contributed by atoms with Crippen molar-refractivity contribution in [2.45, 2.75) is 59.3 Å². The van der Waals surface area contributed by atoms with Crippen LogP contribution in [0.1, 0.15) is 59.3 Å². The van der Waals surface area contributed by atoms with Crippen LogP contribution in [-0.4, -0.2) is 11.1 Å². The maximum Gasteiger partial charge on any atom is 0.330 e. The molecule has 0 fully saturated rings. The van der Waals surface area contributed by atoms with Gasteiger partial charge in [0, 0.05) is 5.57 Å². The van der Waals surface area contributed by atoms with Gasteiger partial charge in [0.2, 0.25) is 0 Å².